The molecular formula is C16H27N3O3. The second-order valence-corrected chi connectivity index (χ2v) is 6.18. The lowest BCUT2D eigenvalue weighted by Gasteiger charge is -2.41. The Kier molecular flexibility index (Phi) is 6.42. The smallest absolute Gasteiger partial charge is 0.245 e. The van der Waals surface area contributed by atoms with E-state index in [0.717, 1.165) is 26.1 Å². The molecule has 2 atom stereocenters. The number of likely N-dealkylation sites (tertiary alicyclic amines) is 1. The van der Waals surface area contributed by atoms with Crippen LogP contribution in [0.3, 0.4) is 0 Å². The van der Waals surface area contributed by atoms with Crippen LogP contribution in [0.2, 0.25) is 0 Å². The van der Waals surface area contributed by atoms with E-state index in [1.165, 1.54) is 12.7 Å². The van der Waals surface area contributed by atoms with Crippen LogP contribution >= 0.6 is 0 Å². The topological polar surface area (TPSA) is 58.0 Å². The molecule has 1 aliphatic rings. The number of likely N-dealkylation sites (N-methyl/N-ethyl adjacent to an activating group) is 1. The third-order valence-electron chi connectivity index (χ3n) is 4.29. The van der Waals surface area contributed by atoms with Gasteiger partial charge in [-0.2, -0.15) is 0 Å². The fourth-order valence-corrected chi connectivity index (χ4v) is 3.08. The number of hydrogen-bond donors (Lipinski definition) is 1. The average Bonchev–Trinajstić information content (AvgIpc) is 2.99. The van der Waals surface area contributed by atoms with Gasteiger partial charge in [0, 0.05) is 38.3 Å². The van der Waals surface area contributed by atoms with E-state index >= 15 is 0 Å². The zero-order valence-corrected chi connectivity index (χ0v) is 13.7. The van der Waals surface area contributed by atoms with Crippen molar-refractivity contribution in [2.75, 3.05) is 47.4 Å². The minimum atomic E-state index is -0.0409. The van der Waals surface area contributed by atoms with E-state index in [4.69, 9.17) is 9.15 Å². The first-order chi connectivity index (χ1) is 10.6. The summed E-state index contributed by atoms with van der Waals surface area (Å²) in [4.78, 5) is 16.3. The fourth-order valence-electron chi connectivity index (χ4n) is 3.08. The van der Waals surface area contributed by atoms with E-state index in [0.29, 0.717) is 18.5 Å². The lowest BCUT2D eigenvalue weighted by molar-refractivity contribution is -0.125. The standard InChI is InChI=1S/C16H27N3O3/c1-18(2)15-10-19(9-13-5-7-22-11-13)6-4-14(15)8-17-16(20)12-21-3/h5,7,11,14-15H,4,6,8-10,12H2,1-3H3,(H,17,20)/t14-,15-/m1/s1. The number of hydrogen-bond acceptors (Lipinski definition) is 5. The predicted octanol–water partition coefficient (Wildman–Crippen LogP) is 0.794. The SMILES string of the molecule is COCC(=O)NC[C@H]1CCN(Cc2ccoc2)C[C@H]1N(C)C. The van der Waals surface area contributed by atoms with Crippen LogP contribution in [0, 0.1) is 5.92 Å². The molecule has 0 radical (unpaired) electrons. The zero-order valence-electron chi connectivity index (χ0n) is 13.7. The Hall–Kier alpha value is -1.37. The predicted molar refractivity (Wildman–Crippen MR) is 84.5 cm³/mol. The van der Waals surface area contributed by atoms with E-state index in [9.17, 15) is 4.79 Å². The second kappa shape index (κ2) is 8.31. The highest BCUT2D eigenvalue weighted by atomic mass is 16.5. The molecule has 0 unspecified atom stereocenters. The first kappa shape index (κ1) is 17.0. The maximum atomic E-state index is 11.6. The van der Waals surface area contributed by atoms with Crippen LogP contribution in [0.5, 0.6) is 0 Å². The molecule has 6 nitrogen and oxygen atoms in total. The third kappa shape index (κ3) is 4.83. The van der Waals surface area contributed by atoms with Crippen molar-refractivity contribution in [1.82, 2.24) is 15.1 Å². The highest BCUT2D eigenvalue weighted by Gasteiger charge is 2.30. The summed E-state index contributed by atoms with van der Waals surface area (Å²) in [7, 11) is 5.75. The minimum absolute atomic E-state index is 0.0409. The van der Waals surface area contributed by atoms with Gasteiger partial charge in [-0.05, 0) is 39.0 Å². The van der Waals surface area contributed by atoms with Crippen LogP contribution in [0.1, 0.15) is 12.0 Å². The molecule has 1 aromatic heterocycles. The van der Waals surface area contributed by atoms with Gasteiger partial charge >= 0.3 is 0 Å². The van der Waals surface area contributed by atoms with Crippen molar-refractivity contribution >= 4 is 5.91 Å². The summed E-state index contributed by atoms with van der Waals surface area (Å²) < 4.78 is 10.00. The fraction of sp³-hybridized carbons (Fsp3) is 0.688. The molecule has 0 aliphatic carbocycles. The summed E-state index contributed by atoms with van der Waals surface area (Å²) in [5, 5.41) is 2.97. The van der Waals surface area contributed by atoms with Gasteiger partial charge in [-0.1, -0.05) is 0 Å². The quantitative estimate of drug-likeness (QED) is 0.807. The Labute approximate surface area is 132 Å². The van der Waals surface area contributed by atoms with Crippen molar-refractivity contribution < 1.29 is 13.9 Å². The van der Waals surface area contributed by atoms with Crippen LogP contribution in [-0.2, 0) is 16.1 Å². The van der Waals surface area contributed by atoms with Gasteiger partial charge in [0.05, 0.1) is 12.5 Å². The number of furan rings is 1. The molecule has 1 fully saturated rings. The first-order valence-corrected chi connectivity index (χ1v) is 7.75. The van der Waals surface area contributed by atoms with Crippen LogP contribution in [0.25, 0.3) is 0 Å². The molecule has 0 spiro atoms. The van der Waals surface area contributed by atoms with Gasteiger partial charge < -0.3 is 19.4 Å². The Morgan fingerprint density at radius 3 is 3.00 bits per heavy atom. The molecule has 1 aromatic rings. The number of nitrogens with zero attached hydrogens (tertiary/aromatic N) is 2. The maximum absolute atomic E-state index is 11.6. The molecule has 2 heterocycles. The van der Waals surface area contributed by atoms with Crippen LogP contribution in [-0.4, -0.2) is 69.2 Å². The summed E-state index contributed by atoms with van der Waals surface area (Å²) in [5.41, 5.74) is 1.21. The Balaban J connectivity index is 1.86. The van der Waals surface area contributed by atoms with E-state index in [1.54, 1.807) is 6.26 Å². The monoisotopic (exact) mass is 309 g/mol. The average molecular weight is 309 g/mol. The van der Waals surface area contributed by atoms with Gasteiger partial charge in [-0.25, -0.2) is 0 Å². The lowest BCUT2D eigenvalue weighted by atomic mass is 9.90. The molecule has 6 heteroatoms. The van der Waals surface area contributed by atoms with Gasteiger partial charge in [0.25, 0.3) is 0 Å². The van der Waals surface area contributed by atoms with Crippen molar-refractivity contribution in [3.63, 3.8) is 0 Å². The molecule has 0 bridgehead atoms. The first-order valence-electron chi connectivity index (χ1n) is 7.75. The van der Waals surface area contributed by atoms with Crippen molar-refractivity contribution in [1.29, 1.82) is 0 Å². The van der Waals surface area contributed by atoms with E-state index in [2.05, 4.69) is 29.2 Å². The summed E-state index contributed by atoms with van der Waals surface area (Å²) in [5.74, 6) is 0.428. The number of piperidine rings is 1. The summed E-state index contributed by atoms with van der Waals surface area (Å²) >= 11 is 0. The van der Waals surface area contributed by atoms with Gasteiger partial charge in [0.2, 0.25) is 5.91 Å². The summed E-state index contributed by atoms with van der Waals surface area (Å²) in [6.07, 6.45) is 4.60. The van der Waals surface area contributed by atoms with E-state index < -0.39 is 0 Å². The number of ether oxygens (including phenoxy) is 1. The molecule has 1 saturated heterocycles. The van der Waals surface area contributed by atoms with Crippen LogP contribution in [0.15, 0.2) is 23.0 Å². The van der Waals surface area contributed by atoms with Crippen molar-refractivity contribution in [3.05, 3.63) is 24.2 Å². The largest absolute Gasteiger partial charge is 0.472 e. The molecule has 0 aromatic carbocycles. The molecule has 1 N–H and O–H groups in total. The van der Waals surface area contributed by atoms with Crippen LogP contribution < -0.4 is 5.32 Å². The normalized spacial score (nSPS) is 22.9. The Bertz CT molecular complexity index is 447. The van der Waals surface area contributed by atoms with E-state index in [-0.39, 0.29) is 12.5 Å². The molecule has 22 heavy (non-hydrogen) atoms. The molecule has 2 rings (SSSR count). The Morgan fingerprint density at radius 1 is 1.55 bits per heavy atom. The van der Waals surface area contributed by atoms with Crippen molar-refractivity contribution in [2.24, 2.45) is 5.92 Å². The second-order valence-electron chi connectivity index (χ2n) is 6.18. The van der Waals surface area contributed by atoms with Crippen LogP contribution in [0.4, 0.5) is 0 Å². The number of carbonyl (C=O) groups excluding carboxylic acids is 1. The summed E-state index contributed by atoms with van der Waals surface area (Å²) in [6.45, 7) is 3.81. The molecular weight excluding hydrogens is 282 g/mol. The zero-order chi connectivity index (χ0) is 15.9. The van der Waals surface area contributed by atoms with Crippen molar-refractivity contribution in [3.8, 4) is 0 Å². The van der Waals surface area contributed by atoms with Crippen molar-refractivity contribution in [2.45, 2.75) is 19.0 Å². The van der Waals surface area contributed by atoms with E-state index in [1.807, 2.05) is 12.3 Å². The molecule has 1 amide bonds. The summed E-state index contributed by atoms with van der Waals surface area (Å²) in [6, 6.07) is 2.45. The Morgan fingerprint density at radius 2 is 2.36 bits per heavy atom. The van der Waals surface area contributed by atoms with Gasteiger partial charge in [0.1, 0.15) is 6.61 Å². The van der Waals surface area contributed by atoms with Gasteiger partial charge in [-0.3, -0.25) is 9.69 Å². The molecule has 1 aliphatic heterocycles. The highest BCUT2D eigenvalue weighted by molar-refractivity contribution is 5.77. The number of nitrogens with one attached hydrogen (secondary N) is 1. The highest BCUT2D eigenvalue weighted by Crippen LogP contribution is 2.22. The number of carbonyl (C=O) groups is 1. The van der Waals surface area contributed by atoms with Gasteiger partial charge in [-0.15, -0.1) is 0 Å². The van der Waals surface area contributed by atoms with Gasteiger partial charge in [0.15, 0.2) is 0 Å². The maximum Gasteiger partial charge on any atom is 0.245 e. The molecule has 0 saturated carbocycles. The minimum Gasteiger partial charge on any atom is -0.472 e. The number of rotatable bonds is 7. The number of methoxy groups -OCH3 is 1. The lowest BCUT2D eigenvalue weighted by Crippen LogP contribution is -2.53. The molecule has 124 valence electrons. The third-order valence-corrected chi connectivity index (χ3v) is 4.29. The number of amides is 1.